The van der Waals surface area contributed by atoms with Crippen LogP contribution in [0.4, 0.5) is 0 Å². The zero-order chi connectivity index (χ0) is 15.7. The van der Waals surface area contributed by atoms with Gasteiger partial charge in [0.1, 0.15) is 11.6 Å². The molecular formula is C15H20N4O2S. The van der Waals surface area contributed by atoms with E-state index in [0.29, 0.717) is 10.9 Å². The number of rotatable bonds is 4. The van der Waals surface area contributed by atoms with E-state index in [2.05, 4.69) is 20.1 Å². The molecule has 1 aromatic carbocycles. The summed E-state index contributed by atoms with van der Waals surface area (Å²) in [5, 5.41) is 11.8. The van der Waals surface area contributed by atoms with Crippen LogP contribution in [0.3, 0.4) is 0 Å². The van der Waals surface area contributed by atoms with Gasteiger partial charge in [0.2, 0.25) is 0 Å². The van der Waals surface area contributed by atoms with Crippen molar-refractivity contribution in [2.45, 2.75) is 43.8 Å². The fourth-order valence-electron chi connectivity index (χ4n) is 2.75. The predicted molar refractivity (Wildman–Crippen MR) is 83.3 cm³/mol. The predicted octanol–water partition coefficient (Wildman–Crippen LogP) is 1.09. The van der Waals surface area contributed by atoms with Crippen LogP contribution in [0, 0.1) is 6.92 Å². The van der Waals surface area contributed by atoms with E-state index in [1.165, 1.54) is 6.26 Å². The van der Waals surface area contributed by atoms with E-state index in [1.807, 2.05) is 19.1 Å². The minimum absolute atomic E-state index is 0.360. The van der Waals surface area contributed by atoms with Crippen molar-refractivity contribution >= 4 is 9.84 Å². The average molecular weight is 320 g/mol. The van der Waals surface area contributed by atoms with Crippen LogP contribution in [0.2, 0.25) is 0 Å². The van der Waals surface area contributed by atoms with Crippen LogP contribution in [-0.2, 0) is 29.3 Å². The second-order valence-electron chi connectivity index (χ2n) is 5.81. The van der Waals surface area contributed by atoms with Crippen LogP contribution in [-0.4, -0.2) is 35.5 Å². The zero-order valence-corrected chi connectivity index (χ0v) is 13.6. The van der Waals surface area contributed by atoms with Gasteiger partial charge in [0.15, 0.2) is 9.84 Å². The summed E-state index contributed by atoms with van der Waals surface area (Å²) in [5.74, 6) is 2.02. The molecule has 2 aromatic rings. The Morgan fingerprint density at radius 3 is 2.68 bits per heavy atom. The second-order valence-corrected chi connectivity index (χ2v) is 7.82. The normalized spacial score (nSPS) is 18.2. The lowest BCUT2D eigenvalue weighted by Gasteiger charge is -2.25. The Kier molecular flexibility index (Phi) is 4.01. The Hall–Kier alpha value is -1.73. The van der Waals surface area contributed by atoms with Gasteiger partial charge in [0, 0.05) is 31.8 Å². The van der Waals surface area contributed by atoms with Crippen molar-refractivity contribution in [2.75, 3.05) is 6.26 Å². The quantitative estimate of drug-likeness (QED) is 0.913. The number of hydrogen-bond acceptors (Lipinski definition) is 5. The Morgan fingerprint density at radius 1 is 1.27 bits per heavy atom. The molecule has 6 nitrogen and oxygen atoms in total. The Bertz CT molecular complexity index is 765. The fourth-order valence-corrected chi connectivity index (χ4v) is 3.38. The summed E-state index contributed by atoms with van der Waals surface area (Å²) in [4.78, 5) is 0.360. The first-order valence-electron chi connectivity index (χ1n) is 7.34. The molecule has 7 heteroatoms. The second kappa shape index (κ2) is 5.81. The van der Waals surface area contributed by atoms with E-state index in [9.17, 15) is 8.42 Å². The first-order chi connectivity index (χ1) is 10.4. The summed E-state index contributed by atoms with van der Waals surface area (Å²) < 4.78 is 25.0. The molecule has 0 saturated carbocycles. The first kappa shape index (κ1) is 15.2. The molecule has 1 atom stereocenters. The molecule has 1 aromatic heterocycles. The van der Waals surface area contributed by atoms with E-state index < -0.39 is 9.84 Å². The van der Waals surface area contributed by atoms with Gasteiger partial charge in [-0.1, -0.05) is 12.1 Å². The lowest BCUT2D eigenvalue weighted by molar-refractivity contribution is 0.375. The van der Waals surface area contributed by atoms with Gasteiger partial charge in [0.05, 0.1) is 4.90 Å². The summed E-state index contributed by atoms with van der Waals surface area (Å²) in [6.07, 6.45) is 3.20. The molecule has 22 heavy (non-hydrogen) atoms. The molecule has 118 valence electrons. The van der Waals surface area contributed by atoms with Gasteiger partial charge in [-0.2, -0.15) is 0 Å². The summed E-state index contributed by atoms with van der Waals surface area (Å²) >= 11 is 0. The number of aryl methyl sites for hydroxylation is 2. The van der Waals surface area contributed by atoms with Crippen LogP contribution >= 0.6 is 0 Å². The van der Waals surface area contributed by atoms with Crippen molar-refractivity contribution in [2.24, 2.45) is 0 Å². The standard InChI is InChI=1S/C15H20N4O2S/c1-11-17-18-15-8-5-13(10-19(11)15)16-9-12-3-6-14(7-4-12)22(2,20)21/h3-4,6-7,13,16H,5,8-10H2,1-2H3. The number of fused-ring (bicyclic) bond motifs is 1. The minimum atomic E-state index is -3.12. The monoisotopic (exact) mass is 320 g/mol. The van der Waals surface area contributed by atoms with E-state index in [0.717, 1.165) is 43.1 Å². The van der Waals surface area contributed by atoms with Crippen LogP contribution in [0.1, 0.15) is 23.6 Å². The molecule has 1 N–H and O–H groups in total. The third kappa shape index (κ3) is 3.20. The number of benzene rings is 1. The molecular weight excluding hydrogens is 300 g/mol. The smallest absolute Gasteiger partial charge is 0.175 e. The van der Waals surface area contributed by atoms with Crippen molar-refractivity contribution in [1.82, 2.24) is 20.1 Å². The molecule has 0 radical (unpaired) electrons. The van der Waals surface area contributed by atoms with E-state index in [1.54, 1.807) is 12.1 Å². The van der Waals surface area contributed by atoms with E-state index in [-0.39, 0.29) is 0 Å². The number of aromatic nitrogens is 3. The highest BCUT2D eigenvalue weighted by atomic mass is 32.2. The molecule has 0 fully saturated rings. The molecule has 0 amide bonds. The lowest BCUT2D eigenvalue weighted by atomic mass is 10.1. The first-order valence-corrected chi connectivity index (χ1v) is 9.23. The number of nitrogens with zero attached hydrogens (tertiary/aromatic N) is 3. The molecule has 1 unspecified atom stereocenters. The van der Waals surface area contributed by atoms with Crippen LogP contribution in [0.5, 0.6) is 0 Å². The average Bonchev–Trinajstić information content (AvgIpc) is 2.86. The minimum Gasteiger partial charge on any atom is -0.314 e. The SMILES string of the molecule is Cc1nnc2n1CC(NCc1ccc(S(C)(=O)=O)cc1)CC2. The molecule has 0 bridgehead atoms. The Labute approximate surface area is 130 Å². The van der Waals surface area contributed by atoms with Crippen molar-refractivity contribution in [1.29, 1.82) is 0 Å². The van der Waals surface area contributed by atoms with Crippen LogP contribution in [0.15, 0.2) is 29.2 Å². The third-order valence-corrected chi connectivity index (χ3v) is 5.21. The van der Waals surface area contributed by atoms with E-state index >= 15 is 0 Å². The van der Waals surface area contributed by atoms with Gasteiger partial charge >= 0.3 is 0 Å². The van der Waals surface area contributed by atoms with Crippen molar-refractivity contribution in [3.8, 4) is 0 Å². The van der Waals surface area contributed by atoms with Crippen molar-refractivity contribution in [3.63, 3.8) is 0 Å². The van der Waals surface area contributed by atoms with Crippen molar-refractivity contribution in [3.05, 3.63) is 41.5 Å². The summed E-state index contributed by atoms with van der Waals surface area (Å²) in [6, 6.07) is 7.44. The molecule has 1 aliphatic heterocycles. The van der Waals surface area contributed by atoms with Gasteiger partial charge < -0.3 is 9.88 Å². The largest absolute Gasteiger partial charge is 0.314 e. The van der Waals surface area contributed by atoms with Gasteiger partial charge in [-0.15, -0.1) is 10.2 Å². The molecule has 2 heterocycles. The van der Waals surface area contributed by atoms with Crippen molar-refractivity contribution < 1.29 is 8.42 Å². The Morgan fingerprint density at radius 2 is 2.00 bits per heavy atom. The highest BCUT2D eigenvalue weighted by Crippen LogP contribution is 2.15. The van der Waals surface area contributed by atoms with Gasteiger partial charge in [0.25, 0.3) is 0 Å². The lowest BCUT2D eigenvalue weighted by Crippen LogP contribution is -2.37. The molecule has 1 aliphatic rings. The van der Waals surface area contributed by atoms with Gasteiger partial charge in [-0.3, -0.25) is 0 Å². The third-order valence-electron chi connectivity index (χ3n) is 4.08. The van der Waals surface area contributed by atoms with Crippen LogP contribution < -0.4 is 5.32 Å². The molecule has 0 saturated heterocycles. The van der Waals surface area contributed by atoms with E-state index in [4.69, 9.17) is 0 Å². The van der Waals surface area contributed by atoms with Gasteiger partial charge in [-0.05, 0) is 31.0 Å². The molecule has 3 rings (SSSR count). The summed E-state index contributed by atoms with van der Waals surface area (Å²) in [7, 11) is -3.12. The Balaban J connectivity index is 1.61. The van der Waals surface area contributed by atoms with Gasteiger partial charge in [-0.25, -0.2) is 8.42 Å². The summed E-state index contributed by atoms with van der Waals surface area (Å²) in [6.45, 7) is 3.59. The number of nitrogens with one attached hydrogen (secondary N) is 1. The fraction of sp³-hybridized carbons (Fsp3) is 0.467. The van der Waals surface area contributed by atoms with Crippen LogP contribution in [0.25, 0.3) is 0 Å². The highest BCUT2D eigenvalue weighted by molar-refractivity contribution is 7.90. The maximum absolute atomic E-state index is 11.4. The summed E-state index contributed by atoms with van der Waals surface area (Å²) in [5.41, 5.74) is 1.08. The maximum atomic E-state index is 11.4. The maximum Gasteiger partial charge on any atom is 0.175 e. The molecule has 0 aliphatic carbocycles. The highest BCUT2D eigenvalue weighted by Gasteiger charge is 2.20. The molecule has 0 spiro atoms. The number of hydrogen-bond donors (Lipinski definition) is 1. The number of sulfone groups is 1. The zero-order valence-electron chi connectivity index (χ0n) is 12.8. The topological polar surface area (TPSA) is 76.9 Å².